The van der Waals surface area contributed by atoms with Gasteiger partial charge in [0.2, 0.25) is 5.91 Å². The van der Waals surface area contributed by atoms with Gasteiger partial charge >= 0.3 is 0 Å². The van der Waals surface area contributed by atoms with Crippen LogP contribution in [0.4, 0.5) is 0 Å². The summed E-state index contributed by atoms with van der Waals surface area (Å²) in [6.45, 7) is 5.26. The lowest BCUT2D eigenvalue weighted by atomic mass is 9.81. The summed E-state index contributed by atoms with van der Waals surface area (Å²) in [5.41, 5.74) is 0.217. The van der Waals surface area contributed by atoms with E-state index in [9.17, 15) is 4.79 Å². The number of hydrogen-bond donors (Lipinski definition) is 1. The Hall–Kier alpha value is 0.200. The fourth-order valence-corrected chi connectivity index (χ4v) is 2.60. The van der Waals surface area contributed by atoms with Crippen LogP contribution in [-0.2, 0) is 4.79 Å². The van der Waals surface area contributed by atoms with E-state index >= 15 is 0 Å². The molecule has 0 saturated heterocycles. The fourth-order valence-electron chi connectivity index (χ4n) is 2.21. The molecule has 14 heavy (non-hydrogen) atoms. The maximum absolute atomic E-state index is 11.8. The van der Waals surface area contributed by atoms with E-state index in [1.54, 1.807) is 0 Å². The molecule has 0 aromatic rings. The number of carbonyl (C=O) groups is 1. The van der Waals surface area contributed by atoms with E-state index in [0.717, 1.165) is 23.8 Å². The van der Waals surface area contributed by atoms with Gasteiger partial charge in [0.05, 0.1) is 0 Å². The minimum absolute atomic E-state index is 0.217. The minimum atomic E-state index is 0.217. The molecule has 1 unspecified atom stereocenters. The second kappa shape index (κ2) is 5.33. The first-order valence-electron chi connectivity index (χ1n) is 5.41. The van der Waals surface area contributed by atoms with Crippen LogP contribution in [0.3, 0.4) is 0 Å². The lowest BCUT2D eigenvalue weighted by Crippen LogP contribution is -2.36. The van der Waals surface area contributed by atoms with Crippen LogP contribution in [0.2, 0.25) is 0 Å². The molecule has 1 N–H and O–H groups in total. The van der Waals surface area contributed by atoms with Gasteiger partial charge in [-0.2, -0.15) is 0 Å². The van der Waals surface area contributed by atoms with Gasteiger partial charge in [0.15, 0.2) is 0 Å². The Morgan fingerprint density at radius 3 is 2.79 bits per heavy atom. The molecule has 0 aliphatic heterocycles. The van der Waals surface area contributed by atoms with Gasteiger partial charge < -0.3 is 5.32 Å². The molecule has 0 aromatic carbocycles. The number of carbonyl (C=O) groups excluding carboxylic acids is 1. The van der Waals surface area contributed by atoms with E-state index in [1.165, 1.54) is 12.8 Å². The van der Waals surface area contributed by atoms with Gasteiger partial charge in [0.25, 0.3) is 0 Å². The summed E-state index contributed by atoms with van der Waals surface area (Å²) in [6, 6.07) is 0. The van der Waals surface area contributed by atoms with Gasteiger partial charge in [-0.15, -0.1) is 0 Å². The van der Waals surface area contributed by atoms with Crippen LogP contribution in [0, 0.1) is 11.3 Å². The zero-order chi connectivity index (χ0) is 10.6. The summed E-state index contributed by atoms with van der Waals surface area (Å²) in [7, 11) is 0. The molecule has 1 rings (SSSR count). The molecule has 1 aliphatic rings. The van der Waals surface area contributed by atoms with Gasteiger partial charge in [-0.25, -0.2) is 0 Å². The van der Waals surface area contributed by atoms with E-state index in [1.807, 2.05) is 0 Å². The van der Waals surface area contributed by atoms with Crippen LogP contribution in [0.5, 0.6) is 0 Å². The highest BCUT2D eigenvalue weighted by Gasteiger charge is 2.38. The van der Waals surface area contributed by atoms with Crippen LogP contribution in [0.25, 0.3) is 0 Å². The Bertz CT molecular complexity index is 203. The van der Waals surface area contributed by atoms with Crippen LogP contribution in [0.15, 0.2) is 0 Å². The maximum Gasteiger partial charge on any atom is 0.223 e. The average molecular weight is 309 g/mol. The van der Waals surface area contributed by atoms with Gasteiger partial charge in [-0.1, -0.05) is 42.9 Å². The Kier molecular flexibility index (Phi) is 4.67. The van der Waals surface area contributed by atoms with Crippen molar-refractivity contribution in [1.29, 1.82) is 0 Å². The molecule has 0 radical (unpaired) electrons. The van der Waals surface area contributed by atoms with Crippen LogP contribution >= 0.6 is 22.6 Å². The van der Waals surface area contributed by atoms with Gasteiger partial charge in [0, 0.05) is 16.9 Å². The molecule has 0 aromatic heterocycles. The molecular weight excluding hydrogens is 289 g/mol. The SMILES string of the molecule is CC1(C)CCCC1C(=O)NCCCI. The van der Waals surface area contributed by atoms with E-state index in [4.69, 9.17) is 0 Å². The maximum atomic E-state index is 11.8. The minimum Gasteiger partial charge on any atom is -0.356 e. The Morgan fingerprint density at radius 1 is 1.57 bits per heavy atom. The second-order valence-electron chi connectivity index (χ2n) is 4.77. The molecule has 1 amide bonds. The summed E-state index contributed by atoms with van der Waals surface area (Å²) < 4.78 is 1.12. The molecule has 1 fully saturated rings. The number of amides is 1. The van der Waals surface area contributed by atoms with Crippen molar-refractivity contribution in [2.24, 2.45) is 11.3 Å². The number of alkyl halides is 1. The predicted molar refractivity (Wildman–Crippen MR) is 67.6 cm³/mol. The largest absolute Gasteiger partial charge is 0.356 e. The fraction of sp³-hybridized carbons (Fsp3) is 0.909. The highest BCUT2D eigenvalue weighted by atomic mass is 127. The molecule has 1 atom stereocenters. The summed E-state index contributed by atoms with van der Waals surface area (Å²) in [6.07, 6.45) is 4.55. The van der Waals surface area contributed by atoms with Crippen molar-refractivity contribution >= 4 is 28.5 Å². The van der Waals surface area contributed by atoms with Crippen molar-refractivity contribution in [3.8, 4) is 0 Å². The topological polar surface area (TPSA) is 29.1 Å². The summed E-state index contributed by atoms with van der Waals surface area (Å²) in [5, 5.41) is 3.04. The van der Waals surface area contributed by atoms with E-state index in [0.29, 0.717) is 0 Å². The Labute approximate surface area is 100 Å². The van der Waals surface area contributed by atoms with Crippen molar-refractivity contribution in [3.63, 3.8) is 0 Å². The third kappa shape index (κ3) is 3.11. The third-order valence-electron chi connectivity index (χ3n) is 3.18. The van der Waals surface area contributed by atoms with Crippen molar-refractivity contribution in [1.82, 2.24) is 5.32 Å². The lowest BCUT2D eigenvalue weighted by Gasteiger charge is -2.25. The normalized spacial score (nSPS) is 24.9. The van der Waals surface area contributed by atoms with E-state index in [2.05, 4.69) is 41.8 Å². The molecule has 1 aliphatic carbocycles. The van der Waals surface area contributed by atoms with Gasteiger partial charge in [-0.3, -0.25) is 4.79 Å². The number of hydrogen-bond acceptors (Lipinski definition) is 1. The van der Waals surface area contributed by atoms with Gasteiger partial charge in [-0.05, 0) is 24.7 Å². The van der Waals surface area contributed by atoms with Crippen LogP contribution in [0.1, 0.15) is 39.5 Å². The molecule has 0 heterocycles. The lowest BCUT2D eigenvalue weighted by molar-refractivity contribution is -0.127. The molecule has 1 saturated carbocycles. The molecule has 0 spiro atoms. The number of rotatable bonds is 4. The average Bonchev–Trinajstić information content (AvgIpc) is 2.45. The standard InChI is InChI=1S/C11H20INO/c1-11(2)6-3-5-9(11)10(14)13-8-4-7-12/h9H,3-8H2,1-2H3,(H,13,14). The first kappa shape index (κ1) is 12.3. The van der Waals surface area contributed by atoms with Gasteiger partial charge in [0.1, 0.15) is 0 Å². The third-order valence-corrected chi connectivity index (χ3v) is 3.95. The predicted octanol–water partition coefficient (Wildman–Crippen LogP) is 2.75. The van der Waals surface area contributed by atoms with Crippen molar-refractivity contribution < 1.29 is 4.79 Å². The molecule has 82 valence electrons. The zero-order valence-electron chi connectivity index (χ0n) is 9.11. The molecule has 2 nitrogen and oxygen atoms in total. The molecule has 3 heteroatoms. The monoisotopic (exact) mass is 309 g/mol. The van der Waals surface area contributed by atoms with Crippen molar-refractivity contribution in [3.05, 3.63) is 0 Å². The first-order chi connectivity index (χ1) is 6.58. The smallest absolute Gasteiger partial charge is 0.223 e. The number of nitrogens with one attached hydrogen (secondary N) is 1. The summed E-state index contributed by atoms with van der Waals surface area (Å²) in [4.78, 5) is 11.8. The Balaban J connectivity index is 2.36. The summed E-state index contributed by atoms with van der Waals surface area (Å²) >= 11 is 2.34. The van der Waals surface area contributed by atoms with E-state index in [-0.39, 0.29) is 17.2 Å². The Morgan fingerprint density at radius 2 is 2.29 bits per heavy atom. The van der Waals surface area contributed by atoms with Crippen molar-refractivity contribution in [2.45, 2.75) is 39.5 Å². The molecule has 0 bridgehead atoms. The highest BCUT2D eigenvalue weighted by Crippen LogP contribution is 2.42. The number of halogens is 1. The summed E-state index contributed by atoms with van der Waals surface area (Å²) in [5.74, 6) is 0.522. The van der Waals surface area contributed by atoms with Crippen LogP contribution in [-0.4, -0.2) is 16.9 Å². The molecular formula is C11H20INO. The first-order valence-corrected chi connectivity index (χ1v) is 6.94. The van der Waals surface area contributed by atoms with E-state index < -0.39 is 0 Å². The van der Waals surface area contributed by atoms with Crippen molar-refractivity contribution in [2.75, 3.05) is 11.0 Å². The quantitative estimate of drug-likeness (QED) is 0.483. The zero-order valence-corrected chi connectivity index (χ0v) is 11.3. The second-order valence-corrected chi connectivity index (χ2v) is 5.85. The van der Waals surface area contributed by atoms with Crippen LogP contribution < -0.4 is 5.32 Å². The highest BCUT2D eigenvalue weighted by molar-refractivity contribution is 14.1.